The number of rotatable bonds is 4. The van der Waals surface area contributed by atoms with Crippen LogP contribution in [-0.2, 0) is 16.6 Å². The number of anilines is 2. The Morgan fingerprint density at radius 1 is 0.833 bits per heavy atom. The first-order chi connectivity index (χ1) is 17.4. The van der Waals surface area contributed by atoms with Crippen LogP contribution in [0.3, 0.4) is 0 Å². The molecule has 1 saturated heterocycles. The van der Waals surface area contributed by atoms with Crippen LogP contribution in [0.4, 0.5) is 11.4 Å². The first kappa shape index (κ1) is 22.3. The molecule has 8 heteroatoms. The van der Waals surface area contributed by atoms with Gasteiger partial charge in [0.25, 0.3) is 11.5 Å². The summed E-state index contributed by atoms with van der Waals surface area (Å²) in [6.07, 6.45) is 6.07. The summed E-state index contributed by atoms with van der Waals surface area (Å²) in [5.74, 6) is -1.05. The number of imide groups is 1. The summed E-state index contributed by atoms with van der Waals surface area (Å²) >= 11 is 0. The van der Waals surface area contributed by atoms with Crippen molar-refractivity contribution in [1.82, 2.24) is 9.36 Å². The first-order valence-corrected chi connectivity index (χ1v) is 12.2. The van der Waals surface area contributed by atoms with Gasteiger partial charge < -0.3 is 5.32 Å². The van der Waals surface area contributed by atoms with Crippen molar-refractivity contribution in [3.05, 3.63) is 88.4 Å². The third-order valence-corrected chi connectivity index (χ3v) is 7.94. The Morgan fingerprint density at radius 3 is 1.97 bits per heavy atom. The maximum atomic E-state index is 13.2. The van der Waals surface area contributed by atoms with E-state index in [0.29, 0.717) is 22.6 Å². The van der Waals surface area contributed by atoms with Crippen LogP contribution in [0, 0.1) is 30.6 Å². The van der Waals surface area contributed by atoms with E-state index in [0.717, 1.165) is 12.8 Å². The Hall–Kier alpha value is -4.20. The van der Waals surface area contributed by atoms with Crippen LogP contribution in [0.15, 0.2) is 71.5 Å². The van der Waals surface area contributed by atoms with E-state index in [1.807, 2.05) is 30.3 Å². The summed E-state index contributed by atoms with van der Waals surface area (Å²) in [6.45, 7) is 1.77. The summed E-state index contributed by atoms with van der Waals surface area (Å²) in [5, 5.41) is 2.74. The van der Waals surface area contributed by atoms with Gasteiger partial charge in [0, 0.05) is 12.6 Å². The number of para-hydroxylation sites is 1. The van der Waals surface area contributed by atoms with E-state index in [2.05, 4.69) is 17.5 Å². The van der Waals surface area contributed by atoms with Crippen molar-refractivity contribution in [3.63, 3.8) is 0 Å². The molecule has 3 aromatic rings. The fraction of sp³-hybridized carbons (Fsp3) is 0.286. The smallest absolute Gasteiger partial charge is 0.295 e. The molecule has 4 aliphatic rings. The normalized spacial score (nSPS) is 24.3. The average Bonchev–Trinajstić information content (AvgIpc) is 3.30. The minimum absolute atomic E-state index is 0.126. The van der Waals surface area contributed by atoms with Gasteiger partial charge in [-0.15, -0.1) is 0 Å². The molecule has 0 radical (unpaired) electrons. The van der Waals surface area contributed by atoms with E-state index in [9.17, 15) is 19.2 Å². The molecule has 182 valence electrons. The summed E-state index contributed by atoms with van der Waals surface area (Å²) < 4.78 is 3.20. The molecular formula is C28H26N4O4. The number of carbonyl (C=O) groups excluding carboxylic acids is 3. The Labute approximate surface area is 207 Å². The Morgan fingerprint density at radius 2 is 1.42 bits per heavy atom. The van der Waals surface area contributed by atoms with Gasteiger partial charge in [-0.3, -0.25) is 28.8 Å². The highest BCUT2D eigenvalue weighted by Gasteiger charge is 2.56. The van der Waals surface area contributed by atoms with Crippen LogP contribution in [0.5, 0.6) is 0 Å². The van der Waals surface area contributed by atoms with E-state index in [4.69, 9.17) is 0 Å². The highest BCUT2D eigenvalue weighted by molar-refractivity contribution is 6.22. The lowest BCUT2D eigenvalue weighted by Gasteiger charge is -2.38. The summed E-state index contributed by atoms with van der Waals surface area (Å²) in [4.78, 5) is 53.8. The fourth-order valence-electron chi connectivity index (χ4n) is 5.99. The summed E-state index contributed by atoms with van der Waals surface area (Å²) in [7, 11) is 1.76. The molecule has 1 saturated carbocycles. The molecule has 2 aromatic carbocycles. The van der Waals surface area contributed by atoms with E-state index in [1.165, 1.54) is 9.58 Å². The molecule has 7 rings (SSSR count). The monoisotopic (exact) mass is 482 g/mol. The highest BCUT2D eigenvalue weighted by atomic mass is 16.2. The Kier molecular flexibility index (Phi) is 5.07. The van der Waals surface area contributed by atoms with Gasteiger partial charge in [0.05, 0.1) is 28.9 Å². The second-order valence-corrected chi connectivity index (χ2v) is 9.79. The van der Waals surface area contributed by atoms with E-state index >= 15 is 0 Å². The number of benzene rings is 2. The lowest BCUT2D eigenvalue weighted by Crippen LogP contribution is -2.38. The number of hydrogen-bond acceptors (Lipinski definition) is 4. The molecule has 4 unspecified atom stereocenters. The minimum atomic E-state index is -0.442. The summed E-state index contributed by atoms with van der Waals surface area (Å²) in [5.41, 5.74) is 1.98. The highest BCUT2D eigenvalue weighted by Crippen LogP contribution is 2.50. The SMILES string of the molecule is Cc1c(NC(=O)c2ccc(N3C(=O)C4C5C=CC(CC5)C4C3=O)cc2)c(=O)n(-c2ccccc2)n1C. The number of allylic oxidation sites excluding steroid dienone is 2. The lowest BCUT2D eigenvalue weighted by molar-refractivity contribution is -0.124. The average molecular weight is 483 g/mol. The number of aromatic nitrogens is 2. The van der Waals surface area contributed by atoms with Crippen molar-refractivity contribution < 1.29 is 14.4 Å². The zero-order valence-electron chi connectivity index (χ0n) is 20.0. The third kappa shape index (κ3) is 3.21. The maximum absolute atomic E-state index is 13.2. The van der Waals surface area contributed by atoms with E-state index in [1.54, 1.807) is 42.9 Å². The zero-order chi connectivity index (χ0) is 25.1. The molecule has 1 aliphatic heterocycles. The van der Waals surface area contributed by atoms with Crippen LogP contribution < -0.4 is 15.8 Å². The van der Waals surface area contributed by atoms with Gasteiger partial charge in [-0.05, 0) is 68.0 Å². The second kappa shape index (κ2) is 8.19. The fourth-order valence-corrected chi connectivity index (χ4v) is 5.99. The lowest BCUT2D eigenvalue weighted by atomic mass is 9.63. The van der Waals surface area contributed by atoms with Crippen LogP contribution >= 0.6 is 0 Å². The first-order valence-electron chi connectivity index (χ1n) is 12.2. The molecule has 3 aliphatic carbocycles. The number of amides is 3. The molecule has 36 heavy (non-hydrogen) atoms. The van der Waals surface area contributed by atoms with Gasteiger partial charge in [0.1, 0.15) is 5.69 Å². The number of carbonyl (C=O) groups is 3. The van der Waals surface area contributed by atoms with Crippen molar-refractivity contribution in [2.75, 3.05) is 10.2 Å². The Bertz CT molecular complexity index is 1450. The Balaban J connectivity index is 1.24. The molecule has 3 amide bonds. The maximum Gasteiger partial charge on any atom is 0.295 e. The predicted molar refractivity (Wildman–Crippen MR) is 135 cm³/mol. The molecule has 2 fully saturated rings. The number of nitrogens with one attached hydrogen (secondary N) is 1. The summed E-state index contributed by atoms with van der Waals surface area (Å²) in [6, 6.07) is 15.6. The van der Waals surface area contributed by atoms with Crippen molar-refractivity contribution >= 4 is 29.1 Å². The van der Waals surface area contributed by atoms with Crippen LogP contribution in [0.1, 0.15) is 28.9 Å². The van der Waals surface area contributed by atoms with E-state index < -0.39 is 5.91 Å². The molecule has 2 heterocycles. The van der Waals surface area contributed by atoms with Crippen molar-refractivity contribution in [2.45, 2.75) is 19.8 Å². The van der Waals surface area contributed by atoms with Crippen LogP contribution in [0.2, 0.25) is 0 Å². The van der Waals surface area contributed by atoms with Gasteiger partial charge in [-0.1, -0.05) is 30.4 Å². The standard InChI is InChI=1S/C28H26N4O4/c1-16-24(28(36)32(30(16)2)21-6-4-3-5-7-21)29-25(33)19-12-14-20(15-13-19)31-26(34)22-17-8-9-18(11-10-17)23(22)27(31)35/h3-9,12-15,17-18,22-23H,10-11H2,1-2H3,(H,29,33). The van der Waals surface area contributed by atoms with Crippen molar-refractivity contribution in [1.29, 1.82) is 0 Å². The van der Waals surface area contributed by atoms with Gasteiger partial charge in [0.2, 0.25) is 11.8 Å². The van der Waals surface area contributed by atoms with E-state index in [-0.39, 0.29) is 46.7 Å². The molecule has 1 aromatic heterocycles. The van der Waals surface area contributed by atoms with Gasteiger partial charge in [-0.2, -0.15) is 0 Å². The van der Waals surface area contributed by atoms with Gasteiger partial charge in [-0.25, -0.2) is 4.68 Å². The number of nitrogens with zero attached hydrogens (tertiary/aromatic N) is 3. The zero-order valence-corrected chi connectivity index (χ0v) is 20.0. The number of fused-ring (bicyclic) bond motifs is 1. The van der Waals surface area contributed by atoms with Crippen LogP contribution in [-0.4, -0.2) is 27.1 Å². The van der Waals surface area contributed by atoms with Gasteiger partial charge in [0.15, 0.2) is 0 Å². The predicted octanol–water partition coefficient (Wildman–Crippen LogP) is 3.44. The molecule has 8 nitrogen and oxygen atoms in total. The third-order valence-electron chi connectivity index (χ3n) is 7.94. The molecule has 0 spiro atoms. The molecule has 2 bridgehead atoms. The quantitative estimate of drug-likeness (QED) is 0.455. The second-order valence-electron chi connectivity index (χ2n) is 9.79. The largest absolute Gasteiger partial charge is 0.316 e. The number of hydrogen-bond donors (Lipinski definition) is 1. The van der Waals surface area contributed by atoms with Gasteiger partial charge >= 0.3 is 0 Å². The molecule has 4 atom stereocenters. The minimum Gasteiger partial charge on any atom is -0.316 e. The molecular weight excluding hydrogens is 456 g/mol. The topological polar surface area (TPSA) is 93.4 Å². The van der Waals surface area contributed by atoms with Crippen molar-refractivity contribution in [2.24, 2.45) is 30.7 Å². The van der Waals surface area contributed by atoms with Crippen LogP contribution in [0.25, 0.3) is 5.69 Å². The van der Waals surface area contributed by atoms with Crippen molar-refractivity contribution in [3.8, 4) is 5.69 Å². The molecule has 1 N–H and O–H groups in total.